The topological polar surface area (TPSA) is 66.4 Å². The molecule has 2 N–H and O–H groups in total. The summed E-state index contributed by atoms with van der Waals surface area (Å²) in [6.07, 6.45) is 0. The third kappa shape index (κ3) is 2.95. The highest BCUT2D eigenvalue weighted by Gasteiger charge is 2.08. The molecule has 0 heterocycles. The lowest BCUT2D eigenvalue weighted by atomic mass is 10.2. The first-order valence-electron chi connectivity index (χ1n) is 5.23. The molecule has 0 saturated heterocycles. The first-order valence-corrected chi connectivity index (χ1v) is 6.38. The minimum Gasteiger partial charge on any atom is -0.478 e. The number of aromatic carboxylic acids is 1. The maximum Gasteiger partial charge on any atom is 0.335 e. The predicted molar refractivity (Wildman–Crippen MR) is 69.9 cm³/mol. The fraction of sp³-hybridized carbons (Fsp3) is 0. The molecule has 0 fully saturated rings. The Morgan fingerprint density at radius 2 is 1.78 bits per heavy atom. The van der Waals surface area contributed by atoms with Crippen molar-refractivity contribution in [1.82, 2.24) is 0 Å². The molecule has 18 heavy (non-hydrogen) atoms. The minimum absolute atomic E-state index is 0.121. The number of para-hydroxylation sites is 1. The van der Waals surface area contributed by atoms with Crippen LogP contribution in [0.5, 0.6) is 0 Å². The molecule has 0 amide bonds. The van der Waals surface area contributed by atoms with Crippen molar-refractivity contribution >= 4 is 22.6 Å². The van der Waals surface area contributed by atoms with E-state index in [2.05, 4.69) is 4.72 Å². The molecule has 0 aliphatic carbocycles. The van der Waals surface area contributed by atoms with Crippen molar-refractivity contribution in [3.63, 3.8) is 0 Å². The van der Waals surface area contributed by atoms with Crippen LogP contribution in [-0.2, 0) is 11.0 Å². The van der Waals surface area contributed by atoms with E-state index in [1.165, 1.54) is 12.1 Å². The summed E-state index contributed by atoms with van der Waals surface area (Å²) in [7, 11) is -1.47. The number of benzene rings is 2. The zero-order valence-corrected chi connectivity index (χ0v) is 10.2. The first-order chi connectivity index (χ1) is 8.66. The first kappa shape index (κ1) is 12.3. The van der Waals surface area contributed by atoms with Gasteiger partial charge in [0, 0.05) is 5.69 Å². The summed E-state index contributed by atoms with van der Waals surface area (Å²) in [4.78, 5) is 11.2. The molecule has 0 aliphatic rings. The van der Waals surface area contributed by atoms with Crippen molar-refractivity contribution in [1.29, 1.82) is 0 Å². The highest BCUT2D eigenvalue weighted by atomic mass is 32.2. The zero-order chi connectivity index (χ0) is 13.0. The Labute approximate surface area is 107 Å². The monoisotopic (exact) mass is 261 g/mol. The fourth-order valence-electron chi connectivity index (χ4n) is 1.42. The van der Waals surface area contributed by atoms with E-state index in [9.17, 15) is 9.00 Å². The van der Waals surface area contributed by atoms with E-state index in [0.717, 1.165) is 5.69 Å². The van der Waals surface area contributed by atoms with E-state index in [4.69, 9.17) is 5.11 Å². The molecular formula is C13H11NO3S. The highest BCUT2D eigenvalue weighted by molar-refractivity contribution is 7.86. The summed E-state index contributed by atoms with van der Waals surface area (Å²) in [5, 5.41) is 8.86. The second kappa shape index (κ2) is 5.46. The van der Waals surface area contributed by atoms with Crippen LogP contribution in [-0.4, -0.2) is 15.3 Å². The normalized spacial score (nSPS) is 11.8. The second-order valence-corrected chi connectivity index (χ2v) is 4.78. The minimum atomic E-state index is -1.47. The Morgan fingerprint density at radius 3 is 2.44 bits per heavy atom. The quantitative estimate of drug-likeness (QED) is 0.888. The van der Waals surface area contributed by atoms with Crippen LogP contribution >= 0.6 is 0 Å². The number of carbonyl (C=O) groups is 1. The molecule has 0 spiro atoms. The molecule has 1 unspecified atom stereocenters. The average molecular weight is 261 g/mol. The van der Waals surface area contributed by atoms with Gasteiger partial charge in [-0.25, -0.2) is 9.00 Å². The standard InChI is InChI=1S/C13H11NO3S/c15-13(16)10-5-4-8-12(9-10)18(17)14-11-6-2-1-3-7-11/h1-9,14H,(H,15,16). The van der Waals surface area contributed by atoms with Gasteiger partial charge in [0.25, 0.3) is 0 Å². The van der Waals surface area contributed by atoms with Crippen LogP contribution in [0, 0.1) is 0 Å². The van der Waals surface area contributed by atoms with Crippen LogP contribution in [0.3, 0.4) is 0 Å². The summed E-state index contributed by atoms with van der Waals surface area (Å²) in [6, 6.07) is 15.2. The number of hydrogen-bond acceptors (Lipinski definition) is 2. The molecule has 0 bridgehead atoms. The number of carboxylic acid groups (broad SMARTS) is 1. The van der Waals surface area contributed by atoms with Crippen LogP contribution < -0.4 is 4.72 Å². The number of hydrogen-bond donors (Lipinski definition) is 2. The van der Waals surface area contributed by atoms with Crippen molar-refractivity contribution in [3.8, 4) is 0 Å². The van der Waals surface area contributed by atoms with Gasteiger partial charge in [-0.15, -0.1) is 0 Å². The molecule has 4 nitrogen and oxygen atoms in total. The summed E-state index contributed by atoms with van der Waals surface area (Å²) < 4.78 is 14.8. The zero-order valence-electron chi connectivity index (χ0n) is 9.37. The number of nitrogens with one attached hydrogen (secondary N) is 1. The molecule has 2 rings (SSSR count). The van der Waals surface area contributed by atoms with Gasteiger partial charge in [-0.1, -0.05) is 24.3 Å². The van der Waals surface area contributed by atoms with Gasteiger partial charge in [-0.05, 0) is 30.3 Å². The maximum atomic E-state index is 12.0. The van der Waals surface area contributed by atoms with E-state index in [1.807, 2.05) is 18.2 Å². The lowest BCUT2D eigenvalue weighted by Crippen LogP contribution is -2.06. The third-order valence-corrected chi connectivity index (χ3v) is 3.38. The molecule has 5 heteroatoms. The molecule has 2 aromatic carbocycles. The van der Waals surface area contributed by atoms with E-state index < -0.39 is 17.0 Å². The number of rotatable bonds is 4. The fourth-order valence-corrected chi connectivity index (χ4v) is 2.32. The smallest absolute Gasteiger partial charge is 0.335 e. The van der Waals surface area contributed by atoms with Crippen LogP contribution in [0.25, 0.3) is 0 Å². The van der Waals surface area contributed by atoms with Crippen LogP contribution in [0.1, 0.15) is 10.4 Å². The molecule has 0 aliphatic heterocycles. The van der Waals surface area contributed by atoms with E-state index in [1.54, 1.807) is 24.3 Å². The van der Waals surface area contributed by atoms with Gasteiger partial charge >= 0.3 is 5.97 Å². The van der Waals surface area contributed by atoms with Gasteiger partial charge in [-0.3, -0.25) is 0 Å². The summed E-state index contributed by atoms with van der Waals surface area (Å²) >= 11 is 0. The molecule has 2 aromatic rings. The second-order valence-electron chi connectivity index (χ2n) is 3.57. The van der Waals surface area contributed by atoms with E-state index in [0.29, 0.717) is 4.90 Å². The van der Waals surface area contributed by atoms with Gasteiger partial charge in [0.1, 0.15) is 11.0 Å². The van der Waals surface area contributed by atoms with Gasteiger partial charge in [0.15, 0.2) is 0 Å². The van der Waals surface area contributed by atoms with Crippen molar-refractivity contribution in [2.45, 2.75) is 4.90 Å². The van der Waals surface area contributed by atoms with Gasteiger partial charge in [-0.2, -0.15) is 0 Å². The highest BCUT2D eigenvalue weighted by Crippen LogP contribution is 2.13. The predicted octanol–water partition coefficient (Wildman–Crippen LogP) is 2.52. The molecule has 0 saturated carbocycles. The number of anilines is 1. The van der Waals surface area contributed by atoms with E-state index >= 15 is 0 Å². The van der Waals surface area contributed by atoms with Gasteiger partial charge < -0.3 is 9.83 Å². The lowest BCUT2D eigenvalue weighted by Gasteiger charge is -2.06. The van der Waals surface area contributed by atoms with Gasteiger partial charge in [0.2, 0.25) is 0 Å². The average Bonchev–Trinajstić information content (AvgIpc) is 2.40. The number of carboxylic acids is 1. The Bertz CT molecular complexity index is 584. The van der Waals surface area contributed by atoms with Crippen molar-refractivity contribution in [2.75, 3.05) is 4.72 Å². The van der Waals surface area contributed by atoms with E-state index in [-0.39, 0.29) is 5.56 Å². The largest absolute Gasteiger partial charge is 0.478 e. The summed E-state index contributed by atoms with van der Waals surface area (Å²) in [6.45, 7) is 0. The lowest BCUT2D eigenvalue weighted by molar-refractivity contribution is 0.0696. The Morgan fingerprint density at radius 1 is 1.06 bits per heavy atom. The Balaban J connectivity index is 2.19. The van der Waals surface area contributed by atoms with Crippen LogP contribution in [0.15, 0.2) is 59.5 Å². The van der Waals surface area contributed by atoms with Crippen molar-refractivity contribution in [2.24, 2.45) is 0 Å². The Hall–Kier alpha value is -2.14. The third-order valence-electron chi connectivity index (χ3n) is 2.28. The molecular weight excluding hydrogens is 250 g/mol. The van der Waals surface area contributed by atoms with Crippen molar-refractivity contribution in [3.05, 3.63) is 60.2 Å². The van der Waals surface area contributed by atoms with Crippen LogP contribution in [0.4, 0.5) is 5.69 Å². The molecule has 92 valence electrons. The molecule has 1 atom stereocenters. The van der Waals surface area contributed by atoms with Crippen LogP contribution in [0.2, 0.25) is 0 Å². The molecule has 0 radical (unpaired) electrons. The SMILES string of the molecule is O=C(O)c1cccc(S(=O)Nc2ccccc2)c1. The summed E-state index contributed by atoms with van der Waals surface area (Å²) in [5.41, 5.74) is 0.840. The maximum absolute atomic E-state index is 12.0. The van der Waals surface area contributed by atoms with Gasteiger partial charge in [0.05, 0.1) is 10.5 Å². The molecule has 0 aromatic heterocycles. The van der Waals surface area contributed by atoms with Crippen molar-refractivity contribution < 1.29 is 14.1 Å². The summed E-state index contributed by atoms with van der Waals surface area (Å²) in [5.74, 6) is -1.03. The Kier molecular flexibility index (Phi) is 3.74.